The van der Waals surface area contributed by atoms with Crippen LogP contribution in [0.4, 0.5) is 5.82 Å². The predicted octanol–water partition coefficient (Wildman–Crippen LogP) is 2.11. The van der Waals surface area contributed by atoms with Crippen LogP contribution in [-0.4, -0.2) is 65.5 Å². The van der Waals surface area contributed by atoms with Gasteiger partial charge in [-0.3, -0.25) is 4.79 Å². The lowest BCUT2D eigenvalue weighted by atomic mass is 10.0. The minimum atomic E-state index is -0.119. The van der Waals surface area contributed by atoms with E-state index in [1.165, 1.54) is 12.8 Å². The van der Waals surface area contributed by atoms with Gasteiger partial charge in [0, 0.05) is 48.3 Å². The van der Waals surface area contributed by atoms with Crippen molar-refractivity contribution < 1.29 is 4.79 Å². The molecule has 0 unspecified atom stereocenters. The van der Waals surface area contributed by atoms with Crippen LogP contribution < -0.4 is 4.90 Å². The Kier molecular flexibility index (Phi) is 4.60. The van der Waals surface area contributed by atoms with Gasteiger partial charge in [0.05, 0.1) is 0 Å². The molecule has 1 amide bonds. The minimum absolute atomic E-state index is 0.119. The highest BCUT2D eigenvalue weighted by molar-refractivity contribution is 5.91. The van der Waals surface area contributed by atoms with Gasteiger partial charge in [0.25, 0.3) is 11.7 Å². The summed E-state index contributed by atoms with van der Waals surface area (Å²) in [6, 6.07) is 4.94. The Bertz CT molecular complexity index is 1100. The zero-order valence-corrected chi connectivity index (χ0v) is 17.6. The standard InChI is InChI=1S/C21H26N8O/c1-13-11-18(23-12-22-13)28(16-4-5-16)17-6-8-27(9-7-17)20(30)19-25-21-24-14(2)10-15(3)29(21)26-19/h10-12,16-17H,4-9H2,1-3H3. The Morgan fingerprint density at radius 1 is 0.967 bits per heavy atom. The lowest BCUT2D eigenvalue weighted by Gasteiger charge is -2.39. The molecule has 1 aliphatic carbocycles. The van der Waals surface area contributed by atoms with E-state index in [0.717, 1.165) is 35.7 Å². The average molecular weight is 406 g/mol. The second-order valence-corrected chi connectivity index (χ2v) is 8.37. The highest BCUT2D eigenvalue weighted by Gasteiger charge is 2.37. The van der Waals surface area contributed by atoms with Crippen LogP contribution in [0.5, 0.6) is 0 Å². The van der Waals surface area contributed by atoms with Gasteiger partial charge in [0.2, 0.25) is 5.82 Å². The van der Waals surface area contributed by atoms with E-state index in [4.69, 9.17) is 0 Å². The number of nitrogens with zero attached hydrogens (tertiary/aromatic N) is 8. The minimum Gasteiger partial charge on any atom is -0.350 e. The summed E-state index contributed by atoms with van der Waals surface area (Å²) in [6.07, 6.45) is 5.88. The number of rotatable bonds is 4. The molecule has 0 spiro atoms. The molecule has 2 fully saturated rings. The molecular formula is C21H26N8O. The molecule has 0 aromatic carbocycles. The summed E-state index contributed by atoms with van der Waals surface area (Å²) in [5.74, 6) is 1.59. The normalized spacial score (nSPS) is 17.5. The maximum absolute atomic E-state index is 13.0. The van der Waals surface area contributed by atoms with Gasteiger partial charge in [-0.15, -0.1) is 5.10 Å². The first-order valence-corrected chi connectivity index (χ1v) is 10.6. The molecule has 0 radical (unpaired) electrons. The van der Waals surface area contributed by atoms with Crippen LogP contribution in [0.2, 0.25) is 0 Å². The second kappa shape index (κ2) is 7.30. The number of anilines is 1. The van der Waals surface area contributed by atoms with Crippen LogP contribution in [0.25, 0.3) is 5.78 Å². The largest absolute Gasteiger partial charge is 0.350 e. The fourth-order valence-electron chi connectivity index (χ4n) is 4.35. The molecule has 0 atom stereocenters. The highest BCUT2D eigenvalue weighted by Crippen LogP contribution is 2.35. The van der Waals surface area contributed by atoms with Crippen LogP contribution in [0, 0.1) is 20.8 Å². The SMILES string of the molecule is Cc1cc(N(C2CC2)C2CCN(C(=O)c3nc4nc(C)cc(C)n4n3)CC2)ncn1. The molecule has 30 heavy (non-hydrogen) atoms. The third kappa shape index (κ3) is 3.48. The summed E-state index contributed by atoms with van der Waals surface area (Å²) in [6.45, 7) is 7.24. The van der Waals surface area contributed by atoms with Crippen LogP contribution in [0.3, 0.4) is 0 Å². The number of carbonyl (C=O) groups excluding carboxylic acids is 1. The molecular weight excluding hydrogens is 380 g/mol. The van der Waals surface area contributed by atoms with Crippen molar-refractivity contribution in [2.75, 3.05) is 18.0 Å². The maximum atomic E-state index is 13.0. The molecule has 3 aromatic rings. The van der Waals surface area contributed by atoms with E-state index in [1.54, 1.807) is 10.8 Å². The van der Waals surface area contributed by atoms with Crippen molar-refractivity contribution in [3.05, 3.63) is 41.4 Å². The van der Waals surface area contributed by atoms with Crippen molar-refractivity contribution in [2.45, 2.75) is 58.5 Å². The number of amides is 1. The molecule has 156 valence electrons. The summed E-state index contributed by atoms with van der Waals surface area (Å²) in [5, 5.41) is 4.40. The van der Waals surface area contributed by atoms with Crippen LogP contribution in [0.1, 0.15) is 53.4 Å². The van der Waals surface area contributed by atoms with Crippen LogP contribution >= 0.6 is 0 Å². The van der Waals surface area contributed by atoms with Gasteiger partial charge < -0.3 is 9.80 Å². The number of piperidine rings is 1. The van der Waals surface area contributed by atoms with E-state index < -0.39 is 0 Å². The zero-order chi connectivity index (χ0) is 20.8. The Morgan fingerprint density at radius 3 is 2.40 bits per heavy atom. The first-order valence-electron chi connectivity index (χ1n) is 10.6. The smallest absolute Gasteiger partial charge is 0.293 e. The molecule has 9 nitrogen and oxygen atoms in total. The Morgan fingerprint density at radius 2 is 1.70 bits per heavy atom. The first-order chi connectivity index (χ1) is 14.5. The second-order valence-electron chi connectivity index (χ2n) is 8.37. The molecule has 1 saturated carbocycles. The van der Waals surface area contributed by atoms with E-state index in [1.807, 2.05) is 31.7 Å². The number of fused-ring (bicyclic) bond motifs is 1. The van der Waals surface area contributed by atoms with E-state index in [0.29, 0.717) is 31.0 Å². The number of aryl methyl sites for hydroxylation is 3. The van der Waals surface area contributed by atoms with Gasteiger partial charge >= 0.3 is 0 Å². The molecule has 0 bridgehead atoms. The predicted molar refractivity (Wildman–Crippen MR) is 111 cm³/mol. The van der Waals surface area contributed by atoms with E-state index in [9.17, 15) is 4.79 Å². The van der Waals surface area contributed by atoms with Gasteiger partial charge in [0.1, 0.15) is 12.1 Å². The fourth-order valence-corrected chi connectivity index (χ4v) is 4.35. The highest BCUT2D eigenvalue weighted by atomic mass is 16.2. The van der Waals surface area contributed by atoms with E-state index in [-0.39, 0.29) is 11.7 Å². The number of carbonyl (C=O) groups is 1. The average Bonchev–Trinajstić information content (AvgIpc) is 3.46. The summed E-state index contributed by atoms with van der Waals surface area (Å²) >= 11 is 0. The van der Waals surface area contributed by atoms with Crippen LogP contribution in [-0.2, 0) is 0 Å². The maximum Gasteiger partial charge on any atom is 0.293 e. The van der Waals surface area contributed by atoms with Crippen molar-refractivity contribution in [3.8, 4) is 0 Å². The summed E-state index contributed by atoms with van der Waals surface area (Å²) in [7, 11) is 0. The lowest BCUT2D eigenvalue weighted by molar-refractivity contribution is 0.0699. The first kappa shape index (κ1) is 18.9. The molecule has 4 heterocycles. The third-order valence-electron chi connectivity index (χ3n) is 5.95. The van der Waals surface area contributed by atoms with E-state index in [2.05, 4.69) is 36.0 Å². The van der Waals surface area contributed by atoms with Crippen molar-refractivity contribution in [1.82, 2.24) is 34.4 Å². The van der Waals surface area contributed by atoms with Gasteiger partial charge in [-0.2, -0.15) is 4.98 Å². The van der Waals surface area contributed by atoms with Crippen molar-refractivity contribution in [3.63, 3.8) is 0 Å². The number of hydrogen-bond donors (Lipinski definition) is 0. The molecule has 0 N–H and O–H groups in total. The summed E-state index contributed by atoms with van der Waals surface area (Å²) in [4.78, 5) is 34.9. The lowest BCUT2D eigenvalue weighted by Crippen LogP contribution is -2.48. The molecule has 1 saturated heterocycles. The summed E-state index contributed by atoms with van der Waals surface area (Å²) in [5.41, 5.74) is 2.77. The third-order valence-corrected chi connectivity index (χ3v) is 5.95. The summed E-state index contributed by atoms with van der Waals surface area (Å²) < 4.78 is 1.64. The Hall–Kier alpha value is -3.10. The topological polar surface area (TPSA) is 92.4 Å². The Balaban J connectivity index is 1.30. The van der Waals surface area contributed by atoms with Gasteiger partial charge in [-0.05, 0) is 52.5 Å². The van der Waals surface area contributed by atoms with Crippen molar-refractivity contribution >= 4 is 17.5 Å². The molecule has 5 rings (SSSR count). The van der Waals surface area contributed by atoms with Gasteiger partial charge in [-0.25, -0.2) is 19.5 Å². The molecule has 3 aromatic heterocycles. The molecule has 1 aliphatic heterocycles. The van der Waals surface area contributed by atoms with Crippen LogP contribution in [0.15, 0.2) is 18.5 Å². The number of hydrogen-bond acceptors (Lipinski definition) is 7. The Labute approximate surface area is 175 Å². The molecule has 2 aliphatic rings. The number of aromatic nitrogens is 6. The molecule has 9 heteroatoms. The van der Waals surface area contributed by atoms with E-state index >= 15 is 0 Å². The quantitative estimate of drug-likeness (QED) is 0.655. The van der Waals surface area contributed by atoms with Gasteiger partial charge in [0.15, 0.2) is 0 Å². The number of likely N-dealkylation sites (tertiary alicyclic amines) is 1. The monoisotopic (exact) mass is 406 g/mol. The fraction of sp³-hybridized carbons (Fsp3) is 0.524. The van der Waals surface area contributed by atoms with Gasteiger partial charge in [-0.1, -0.05) is 0 Å². The van der Waals surface area contributed by atoms with Crippen molar-refractivity contribution in [2.24, 2.45) is 0 Å². The zero-order valence-electron chi connectivity index (χ0n) is 17.6. The van der Waals surface area contributed by atoms with Crippen molar-refractivity contribution in [1.29, 1.82) is 0 Å².